The number of pyridine rings is 1. The number of carbonyl (C=O) groups excluding carboxylic acids is 2. The summed E-state index contributed by atoms with van der Waals surface area (Å²) in [4.78, 5) is 29.4. The predicted octanol–water partition coefficient (Wildman–Crippen LogP) is 5.04. The van der Waals surface area contributed by atoms with Crippen molar-refractivity contribution in [2.45, 2.75) is 12.5 Å². The highest BCUT2D eigenvalue weighted by Crippen LogP contribution is 2.28. The Morgan fingerprint density at radius 2 is 1.55 bits per heavy atom. The van der Waals surface area contributed by atoms with Gasteiger partial charge in [-0.1, -0.05) is 72.8 Å². The zero-order chi connectivity index (χ0) is 21.2. The van der Waals surface area contributed by atoms with Crippen LogP contribution < -0.4 is 0 Å². The molecule has 0 saturated carbocycles. The molecule has 152 valence electrons. The number of para-hydroxylation sites is 1. The van der Waals surface area contributed by atoms with E-state index in [-0.39, 0.29) is 6.61 Å². The Bertz CT molecular complexity index is 1270. The average molecular weight is 409 g/mol. The number of ether oxygens (including phenoxy) is 2. The lowest BCUT2D eigenvalue weighted by Gasteiger charge is -2.12. The lowest BCUT2D eigenvalue weighted by atomic mass is 10.0. The van der Waals surface area contributed by atoms with Gasteiger partial charge in [-0.05, 0) is 23.3 Å². The van der Waals surface area contributed by atoms with Crippen LogP contribution in [-0.2, 0) is 14.3 Å². The number of esters is 2. The second-order valence-corrected chi connectivity index (χ2v) is 7.37. The lowest BCUT2D eigenvalue weighted by Crippen LogP contribution is -2.23. The third-order valence-electron chi connectivity index (χ3n) is 5.36. The van der Waals surface area contributed by atoms with E-state index in [4.69, 9.17) is 14.5 Å². The number of nitrogens with zero attached hydrogens (tertiary/aromatic N) is 1. The van der Waals surface area contributed by atoms with Gasteiger partial charge < -0.3 is 9.47 Å². The molecule has 31 heavy (non-hydrogen) atoms. The number of carbonyl (C=O) groups is 2. The maximum atomic E-state index is 12.9. The molecule has 5 heteroatoms. The first kappa shape index (κ1) is 19.0. The molecule has 1 saturated heterocycles. The summed E-state index contributed by atoms with van der Waals surface area (Å²) >= 11 is 0. The van der Waals surface area contributed by atoms with Crippen LogP contribution >= 0.6 is 0 Å². The molecule has 0 amide bonds. The van der Waals surface area contributed by atoms with E-state index in [1.54, 1.807) is 6.07 Å². The number of rotatable bonds is 4. The SMILES string of the molecule is O=C(O[C@@H]1CCOC1=O)c1cc(-c2ccc(-c3ccccc3)cc2)nc2ccccc12. The van der Waals surface area contributed by atoms with Crippen LogP contribution in [0.25, 0.3) is 33.3 Å². The fourth-order valence-electron chi connectivity index (χ4n) is 3.73. The molecule has 3 aromatic carbocycles. The molecular weight excluding hydrogens is 390 g/mol. The van der Waals surface area contributed by atoms with Gasteiger partial charge in [0.1, 0.15) is 0 Å². The van der Waals surface area contributed by atoms with Gasteiger partial charge in [-0.15, -0.1) is 0 Å². The van der Waals surface area contributed by atoms with Crippen molar-refractivity contribution in [3.05, 3.63) is 90.5 Å². The third kappa shape index (κ3) is 3.78. The highest BCUT2D eigenvalue weighted by molar-refractivity contribution is 6.05. The van der Waals surface area contributed by atoms with E-state index in [1.807, 2.05) is 66.7 Å². The third-order valence-corrected chi connectivity index (χ3v) is 5.36. The summed E-state index contributed by atoms with van der Waals surface area (Å²) in [6.07, 6.45) is -0.477. The van der Waals surface area contributed by atoms with Crippen molar-refractivity contribution < 1.29 is 19.1 Å². The summed E-state index contributed by atoms with van der Waals surface area (Å²) in [7, 11) is 0. The average Bonchev–Trinajstić information content (AvgIpc) is 3.23. The Hall–Kier alpha value is -3.99. The fraction of sp³-hybridized carbons (Fsp3) is 0.115. The van der Waals surface area contributed by atoms with Gasteiger partial charge in [-0.25, -0.2) is 14.6 Å². The molecule has 5 nitrogen and oxygen atoms in total. The minimum atomic E-state index is -0.854. The van der Waals surface area contributed by atoms with Crippen LogP contribution in [0.5, 0.6) is 0 Å². The van der Waals surface area contributed by atoms with Gasteiger partial charge in [-0.3, -0.25) is 0 Å². The molecule has 2 heterocycles. The largest absolute Gasteiger partial charge is 0.463 e. The fourth-order valence-corrected chi connectivity index (χ4v) is 3.73. The van der Waals surface area contributed by atoms with Crippen molar-refractivity contribution in [3.8, 4) is 22.4 Å². The molecule has 0 spiro atoms. The van der Waals surface area contributed by atoms with Gasteiger partial charge in [0.25, 0.3) is 0 Å². The number of cyclic esters (lactones) is 1. The zero-order valence-corrected chi connectivity index (χ0v) is 16.7. The first-order valence-electron chi connectivity index (χ1n) is 10.1. The number of hydrogen-bond acceptors (Lipinski definition) is 5. The molecule has 1 fully saturated rings. The maximum Gasteiger partial charge on any atom is 0.347 e. The topological polar surface area (TPSA) is 65.5 Å². The second kappa shape index (κ2) is 8.03. The number of hydrogen-bond donors (Lipinski definition) is 0. The molecule has 5 rings (SSSR count). The second-order valence-electron chi connectivity index (χ2n) is 7.37. The Kier molecular flexibility index (Phi) is 4.92. The van der Waals surface area contributed by atoms with Crippen molar-refractivity contribution in [3.63, 3.8) is 0 Å². The summed E-state index contributed by atoms with van der Waals surface area (Å²) < 4.78 is 10.3. The maximum absolute atomic E-state index is 12.9. The number of benzene rings is 3. The normalized spacial score (nSPS) is 15.6. The molecule has 0 bridgehead atoms. The van der Waals surface area contributed by atoms with Crippen LogP contribution in [0.4, 0.5) is 0 Å². The summed E-state index contributed by atoms with van der Waals surface area (Å²) in [5.41, 5.74) is 4.86. The van der Waals surface area contributed by atoms with Crippen molar-refractivity contribution in [2.24, 2.45) is 0 Å². The first-order chi connectivity index (χ1) is 15.2. The molecular formula is C26H19NO4. The van der Waals surface area contributed by atoms with Crippen LogP contribution in [0.1, 0.15) is 16.8 Å². The van der Waals surface area contributed by atoms with Gasteiger partial charge in [0.15, 0.2) is 0 Å². The number of aromatic nitrogens is 1. The molecule has 4 aromatic rings. The van der Waals surface area contributed by atoms with Crippen LogP contribution in [-0.4, -0.2) is 29.6 Å². The van der Waals surface area contributed by atoms with E-state index in [2.05, 4.69) is 12.1 Å². The van der Waals surface area contributed by atoms with E-state index in [0.29, 0.717) is 28.6 Å². The van der Waals surface area contributed by atoms with Crippen molar-refractivity contribution in [1.29, 1.82) is 0 Å². The molecule has 1 atom stereocenters. The highest BCUT2D eigenvalue weighted by atomic mass is 16.6. The zero-order valence-electron chi connectivity index (χ0n) is 16.7. The molecule has 1 aliphatic rings. The van der Waals surface area contributed by atoms with E-state index in [9.17, 15) is 9.59 Å². The summed E-state index contributed by atoms with van der Waals surface area (Å²) in [5, 5.41) is 0.684. The van der Waals surface area contributed by atoms with Crippen molar-refractivity contribution in [1.82, 2.24) is 4.98 Å². The van der Waals surface area contributed by atoms with E-state index < -0.39 is 18.0 Å². The van der Waals surface area contributed by atoms with Crippen molar-refractivity contribution in [2.75, 3.05) is 6.61 Å². The molecule has 1 aromatic heterocycles. The van der Waals surface area contributed by atoms with E-state index in [1.165, 1.54) is 0 Å². The standard InChI is InChI=1S/C26H19NO4/c28-25(31-24-14-15-30-26(24)29)21-16-23(27-22-9-5-4-8-20(21)22)19-12-10-18(11-13-19)17-6-2-1-3-7-17/h1-13,16,24H,14-15H2/t24-/m1/s1. The highest BCUT2D eigenvalue weighted by Gasteiger charge is 2.31. The quantitative estimate of drug-likeness (QED) is 0.442. The Morgan fingerprint density at radius 3 is 2.29 bits per heavy atom. The van der Waals surface area contributed by atoms with Gasteiger partial charge >= 0.3 is 11.9 Å². The van der Waals surface area contributed by atoms with Gasteiger partial charge in [-0.2, -0.15) is 0 Å². The van der Waals surface area contributed by atoms with Gasteiger partial charge in [0, 0.05) is 17.4 Å². The minimum absolute atomic E-state index is 0.271. The summed E-state index contributed by atoms with van der Waals surface area (Å²) in [5.74, 6) is -1.05. The Labute approximate surface area is 179 Å². The summed E-state index contributed by atoms with van der Waals surface area (Å²) in [6, 6.07) is 27.3. The molecule has 0 unspecified atom stereocenters. The van der Waals surface area contributed by atoms with Crippen LogP contribution in [0.2, 0.25) is 0 Å². The molecule has 0 aliphatic carbocycles. The minimum Gasteiger partial charge on any atom is -0.463 e. The van der Waals surface area contributed by atoms with Gasteiger partial charge in [0.05, 0.1) is 23.4 Å². The van der Waals surface area contributed by atoms with E-state index >= 15 is 0 Å². The van der Waals surface area contributed by atoms with Crippen molar-refractivity contribution >= 4 is 22.8 Å². The molecule has 0 N–H and O–H groups in total. The van der Waals surface area contributed by atoms with Crippen LogP contribution in [0.15, 0.2) is 84.9 Å². The Morgan fingerprint density at radius 1 is 0.871 bits per heavy atom. The molecule has 0 radical (unpaired) electrons. The molecule has 1 aliphatic heterocycles. The lowest BCUT2D eigenvalue weighted by molar-refractivity contribution is -0.145. The predicted molar refractivity (Wildman–Crippen MR) is 117 cm³/mol. The first-order valence-corrected chi connectivity index (χ1v) is 10.1. The van der Waals surface area contributed by atoms with Crippen LogP contribution in [0.3, 0.4) is 0 Å². The summed E-state index contributed by atoms with van der Waals surface area (Å²) in [6.45, 7) is 0.271. The Balaban J connectivity index is 1.52. The van der Waals surface area contributed by atoms with Gasteiger partial charge in [0.2, 0.25) is 6.10 Å². The van der Waals surface area contributed by atoms with E-state index in [0.717, 1.165) is 16.7 Å². The number of fused-ring (bicyclic) bond motifs is 1. The monoisotopic (exact) mass is 409 g/mol. The smallest absolute Gasteiger partial charge is 0.347 e. The van der Waals surface area contributed by atoms with Crippen LogP contribution in [0, 0.1) is 0 Å².